The van der Waals surface area contributed by atoms with Gasteiger partial charge < -0.3 is 16.0 Å². The molecule has 19 heavy (non-hydrogen) atoms. The van der Waals surface area contributed by atoms with Crippen LogP contribution >= 0.6 is 11.6 Å². The molecule has 1 aromatic rings. The molecule has 0 fully saturated rings. The van der Waals surface area contributed by atoms with Gasteiger partial charge >= 0.3 is 0 Å². The monoisotopic (exact) mass is 283 g/mol. The molecule has 1 rings (SSSR count). The summed E-state index contributed by atoms with van der Waals surface area (Å²) in [5.74, 6) is -0.531. The third-order valence-corrected chi connectivity index (χ3v) is 3.21. The van der Waals surface area contributed by atoms with E-state index in [1.165, 1.54) is 0 Å². The molecule has 0 aliphatic rings. The normalized spacial score (nSPS) is 10.1. The summed E-state index contributed by atoms with van der Waals surface area (Å²) in [5.41, 5.74) is 6.23. The van der Waals surface area contributed by atoms with Crippen LogP contribution in [0.3, 0.4) is 0 Å². The van der Waals surface area contributed by atoms with Gasteiger partial charge in [-0.05, 0) is 26.0 Å². The number of carbonyl (C=O) groups excluding carboxylic acids is 2. The first kappa shape index (κ1) is 15.3. The van der Waals surface area contributed by atoms with E-state index < -0.39 is 5.91 Å². The van der Waals surface area contributed by atoms with Gasteiger partial charge in [0, 0.05) is 13.1 Å². The zero-order valence-corrected chi connectivity index (χ0v) is 11.8. The minimum Gasteiger partial charge on any atom is -0.398 e. The molecule has 104 valence electrons. The highest BCUT2D eigenvalue weighted by Gasteiger charge is 2.15. The second-order valence-electron chi connectivity index (χ2n) is 3.96. The molecule has 6 heteroatoms. The van der Waals surface area contributed by atoms with Crippen LogP contribution < -0.4 is 11.1 Å². The summed E-state index contributed by atoms with van der Waals surface area (Å²) < 4.78 is 0. The van der Waals surface area contributed by atoms with E-state index in [1.54, 1.807) is 23.1 Å². The third-order valence-electron chi connectivity index (χ3n) is 2.79. The summed E-state index contributed by atoms with van der Waals surface area (Å²) in [5, 5.41) is 2.75. The number of nitrogens with two attached hydrogens (primary N) is 1. The van der Waals surface area contributed by atoms with Crippen molar-refractivity contribution in [1.29, 1.82) is 0 Å². The molecule has 5 nitrogen and oxygen atoms in total. The second kappa shape index (κ2) is 6.99. The summed E-state index contributed by atoms with van der Waals surface area (Å²) in [4.78, 5) is 25.3. The van der Waals surface area contributed by atoms with Gasteiger partial charge in [0.1, 0.15) is 0 Å². The van der Waals surface area contributed by atoms with Gasteiger partial charge in [-0.3, -0.25) is 9.59 Å². The fraction of sp³-hybridized carbons (Fsp3) is 0.385. The highest BCUT2D eigenvalue weighted by atomic mass is 35.5. The van der Waals surface area contributed by atoms with E-state index in [-0.39, 0.29) is 23.0 Å². The Morgan fingerprint density at radius 2 is 1.95 bits per heavy atom. The van der Waals surface area contributed by atoms with Crippen LogP contribution in [0.1, 0.15) is 24.2 Å². The first-order valence-corrected chi connectivity index (χ1v) is 6.49. The quantitative estimate of drug-likeness (QED) is 0.805. The van der Waals surface area contributed by atoms with Gasteiger partial charge in [0.2, 0.25) is 5.91 Å². The van der Waals surface area contributed by atoms with E-state index in [2.05, 4.69) is 5.32 Å². The van der Waals surface area contributed by atoms with Gasteiger partial charge in [-0.25, -0.2) is 0 Å². The van der Waals surface area contributed by atoms with Crippen molar-refractivity contribution in [3.63, 3.8) is 0 Å². The fourth-order valence-electron chi connectivity index (χ4n) is 1.66. The van der Waals surface area contributed by atoms with E-state index in [0.29, 0.717) is 18.8 Å². The van der Waals surface area contributed by atoms with E-state index in [0.717, 1.165) is 0 Å². The lowest BCUT2D eigenvalue weighted by molar-refractivity contribution is -0.129. The molecule has 0 unspecified atom stereocenters. The van der Waals surface area contributed by atoms with E-state index in [9.17, 15) is 9.59 Å². The predicted molar refractivity (Wildman–Crippen MR) is 76.1 cm³/mol. The number of rotatable bonds is 5. The molecule has 0 bridgehead atoms. The van der Waals surface area contributed by atoms with Gasteiger partial charge in [-0.2, -0.15) is 0 Å². The summed E-state index contributed by atoms with van der Waals surface area (Å²) >= 11 is 5.94. The summed E-state index contributed by atoms with van der Waals surface area (Å²) in [6, 6.07) is 4.82. The molecule has 0 radical (unpaired) electrons. The number of nitrogens with one attached hydrogen (secondary N) is 1. The minimum atomic E-state index is -0.405. The zero-order chi connectivity index (χ0) is 14.4. The maximum Gasteiger partial charge on any atom is 0.253 e. The van der Waals surface area contributed by atoms with Crippen molar-refractivity contribution in [3.05, 3.63) is 28.8 Å². The average molecular weight is 284 g/mol. The van der Waals surface area contributed by atoms with E-state index in [4.69, 9.17) is 17.3 Å². The maximum atomic E-state index is 11.9. The van der Waals surface area contributed by atoms with Crippen molar-refractivity contribution in [3.8, 4) is 0 Å². The van der Waals surface area contributed by atoms with Gasteiger partial charge in [0.05, 0.1) is 22.8 Å². The first-order valence-electron chi connectivity index (χ1n) is 6.11. The van der Waals surface area contributed by atoms with E-state index >= 15 is 0 Å². The molecular weight excluding hydrogens is 266 g/mol. The van der Waals surface area contributed by atoms with Crippen molar-refractivity contribution in [2.75, 3.05) is 25.4 Å². The summed E-state index contributed by atoms with van der Waals surface area (Å²) in [7, 11) is 0. The van der Waals surface area contributed by atoms with Crippen LogP contribution in [0.4, 0.5) is 5.69 Å². The lowest BCUT2D eigenvalue weighted by Gasteiger charge is -2.18. The third kappa shape index (κ3) is 3.86. The van der Waals surface area contributed by atoms with Crippen LogP contribution in [0.25, 0.3) is 0 Å². The van der Waals surface area contributed by atoms with Crippen molar-refractivity contribution in [1.82, 2.24) is 10.2 Å². The van der Waals surface area contributed by atoms with Crippen LogP contribution in [-0.2, 0) is 4.79 Å². The molecule has 0 saturated carbocycles. The highest BCUT2D eigenvalue weighted by Crippen LogP contribution is 2.22. The Labute approximate surface area is 117 Å². The molecular formula is C13H18ClN3O2. The molecule has 0 spiro atoms. The van der Waals surface area contributed by atoms with Crippen molar-refractivity contribution < 1.29 is 9.59 Å². The summed E-state index contributed by atoms with van der Waals surface area (Å²) in [6.07, 6.45) is 0. The molecule has 0 atom stereocenters. The number of anilines is 1. The van der Waals surface area contributed by atoms with Crippen molar-refractivity contribution >= 4 is 29.1 Å². The zero-order valence-electron chi connectivity index (χ0n) is 11.1. The Hall–Kier alpha value is -1.75. The molecule has 3 N–H and O–H groups in total. The van der Waals surface area contributed by atoms with Gasteiger partial charge in [0.25, 0.3) is 5.91 Å². The van der Waals surface area contributed by atoms with Crippen LogP contribution in [0.5, 0.6) is 0 Å². The standard InChI is InChI=1S/C13H18ClN3O2/c1-3-17(4-2)11(18)8-16-13(19)9-6-5-7-10(15)12(9)14/h5-7H,3-4,8,15H2,1-2H3,(H,16,19). The van der Waals surface area contributed by atoms with Crippen molar-refractivity contribution in [2.45, 2.75) is 13.8 Å². The number of hydrogen-bond acceptors (Lipinski definition) is 3. The van der Waals surface area contributed by atoms with Crippen molar-refractivity contribution in [2.24, 2.45) is 0 Å². The Kier molecular flexibility index (Phi) is 5.63. The fourth-order valence-corrected chi connectivity index (χ4v) is 1.88. The number of amides is 2. The Morgan fingerprint density at radius 1 is 1.32 bits per heavy atom. The molecule has 0 aliphatic carbocycles. The number of hydrogen-bond donors (Lipinski definition) is 2. The van der Waals surface area contributed by atoms with Crippen LogP contribution in [0.15, 0.2) is 18.2 Å². The molecule has 0 aromatic heterocycles. The lowest BCUT2D eigenvalue weighted by atomic mass is 10.2. The minimum absolute atomic E-state index is 0.0500. The highest BCUT2D eigenvalue weighted by molar-refractivity contribution is 6.36. The molecule has 0 saturated heterocycles. The van der Waals surface area contributed by atoms with Crippen LogP contribution in [-0.4, -0.2) is 36.3 Å². The smallest absolute Gasteiger partial charge is 0.253 e. The number of benzene rings is 1. The number of nitrogens with zero attached hydrogens (tertiary/aromatic N) is 1. The maximum absolute atomic E-state index is 11.9. The van der Waals surface area contributed by atoms with Crippen LogP contribution in [0.2, 0.25) is 5.02 Å². The van der Waals surface area contributed by atoms with Gasteiger partial charge in [-0.15, -0.1) is 0 Å². The molecule has 2 amide bonds. The SMILES string of the molecule is CCN(CC)C(=O)CNC(=O)c1cccc(N)c1Cl. The number of carbonyl (C=O) groups is 2. The number of likely N-dealkylation sites (N-methyl/N-ethyl adjacent to an activating group) is 1. The van der Waals surface area contributed by atoms with E-state index in [1.807, 2.05) is 13.8 Å². The number of nitrogen functional groups attached to an aromatic ring is 1. The molecule has 1 aromatic carbocycles. The van der Waals surface area contributed by atoms with Gasteiger partial charge in [0.15, 0.2) is 0 Å². The van der Waals surface area contributed by atoms with Crippen LogP contribution in [0, 0.1) is 0 Å². The topological polar surface area (TPSA) is 75.4 Å². The Bertz CT molecular complexity index is 473. The lowest BCUT2D eigenvalue weighted by Crippen LogP contribution is -2.40. The Morgan fingerprint density at radius 3 is 2.53 bits per heavy atom. The predicted octanol–water partition coefficient (Wildman–Crippen LogP) is 1.52. The molecule has 0 aliphatic heterocycles. The van der Waals surface area contributed by atoms with Gasteiger partial charge in [-0.1, -0.05) is 17.7 Å². The largest absolute Gasteiger partial charge is 0.398 e. The number of halogens is 1. The average Bonchev–Trinajstić information content (AvgIpc) is 2.40. The Balaban J connectivity index is 2.66. The first-order chi connectivity index (χ1) is 9.01. The second-order valence-corrected chi connectivity index (χ2v) is 4.34. The summed E-state index contributed by atoms with van der Waals surface area (Å²) in [6.45, 7) is 4.95. The molecule has 0 heterocycles.